The summed E-state index contributed by atoms with van der Waals surface area (Å²) in [7, 11) is 0. The van der Waals surface area contributed by atoms with Crippen molar-refractivity contribution < 1.29 is 28.7 Å². The fourth-order valence-corrected chi connectivity index (χ4v) is 11.0. The van der Waals surface area contributed by atoms with Gasteiger partial charge in [0.15, 0.2) is 11.5 Å². The van der Waals surface area contributed by atoms with Crippen LogP contribution < -0.4 is 19.3 Å². The number of hydrogen-bond donors (Lipinski definition) is 0. The van der Waals surface area contributed by atoms with Gasteiger partial charge in [-0.2, -0.15) is 0 Å². The standard InChI is InChI=1S/C71H41N3O6/c75-68-60-31-15-30-58-63(60)61(69(76)73(68)52-22-13-20-48(40-52)44-16-7-8-17-44)42-50(66(58)79-54-24-3-1-4-25-54)36-34-46-32-33-47(57-29-12-11-28-56(46)57)35-37-51-43-62-64-59(67(51)80-55-26-5-2-6-27-55)38-39-72-65(64)71(78)74(70(62)77)53-23-14-21-49(41-53)45-18-9-10-19-45/h1-16,18,20-33,38-43H,17,19H2. The molecule has 9 aromatic carbocycles. The molecule has 80 heavy (non-hydrogen) atoms. The molecule has 1 aromatic heterocycles. The van der Waals surface area contributed by atoms with Crippen LogP contribution in [0.3, 0.4) is 0 Å². The lowest BCUT2D eigenvalue weighted by atomic mass is 9.90. The number of aromatic nitrogens is 1. The first-order valence-electron chi connectivity index (χ1n) is 26.1. The van der Waals surface area contributed by atoms with Gasteiger partial charge in [0.2, 0.25) is 0 Å². The first-order chi connectivity index (χ1) is 39.3. The van der Waals surface area contributed by atoms with Crippen LogP contribution in [-0.4, -0.2) is 28.6 Å². The number of allylic oxidation sites excluding steroid dienone is 8. The zero-order valence-electron chi connectivity index (χ0n) is 42.6. The second-order valence-electron chi connectivity index (χ2n) is 19.6. The monoisotopic (exact) mass is 1030 g/mol. The molecule has 376 valence electrons. The van der Waals surface area contributed by atoms with Gasteiger partial charge >= 0.3 is 0 Å². The lowest BCUT2D eigenvalue weighted by Gasteiger charge is -2.28. The summed E-state index contributed by atoms with van der Waals surface area (Å²) in [6.07, 6.45) is 15.3. The smallest absolute Gasteiger partial charge is 0.284 e. The Morgan fingerprint density at radius 3 is 1.40 bits per heavy atom. The summed E-state index contributed by atoms with van der Waals surface area (Å²) >= 11 is 0. The summed E-state index contributed by atoms with van der Waals surface area (Å²) in [6.45, 7) is 0. The number of rotatable bonds is 8. The Bertz CT molecular complexity index is 4350. The molecular formula is C71H41N3O6. The largest absolute Gasteiger partial charge is 0.455 e. The lowest BCUT2D eigenvalue weighted by Crippen LogP contribution is -2.41. The van der Waals surface area contributed by atoms with Crippen LogP contribution in [0.2, 0.25) is 0 Å². The first-order valence-corrected chi connectivity index (χ1v) is 26.1. The number of para-hydroxylation sites is 2. The molecule has 14 rings (SSSR count). The van der Waals surface area contributed by atoms with E-state index in [1.165, 1.54) is 9.80 Å². The zero-order chi connectivity index (χ0) is 53.8. The first kappa shape index (κ1) is 47.3. The number of hydrogen-bond acceptors (Lipinski definition) is 7. The lowest BCUT2D eigenvalue weighted by molar-refractivity contribution is 0.0876. The zero-order valence-corrected chi connectivity index (χ0v) is 42.6. The number of fused-ring (bicyclic) bond motifs is 1. The molecular weight excluding hydrogens is 991 g/mol. The molecule has 0 fully saturated rings. The van der Waals surface area contributed by atoms with Gasteiger partial charge in [0.05, 0.1) is 33.6 Å². The van der Waals surface area contributed by atoms with Gasteiger partial charge in [-0.15, -0.1) is 0 Å². The molecule has 4 aliphatic rings. The van der Waals surface area contributed by atoms with Gasteiger partial charge < -0.3 is 9.47 Å². The Balaban J connectivity index is 0.876. The van der Waals surface area contributed by atoms with Crippen LogP contribution in [0.15, 0.2) is 225 Å². The van der Waals surface area contributed by atoms with E-state index in [0.29, 0.717) is 89.3 Å². The number of pyridine rings is 1. The molecule has 0 unspecified atom stereocenters. The summed E-state index contributed by atoms with van der Waals surface area (Å²) in [5, 5.41) is 3.64. The van der Waals surface area contributed by atoms with Crippen molar-refractivity contribution in [3.63, 3.8) is 0 Å². The topological polar surface area (TPSA) is 106 Å². The minimum absolute atomic E-state index is 0.135. The van der Waals surface area contributed by atoms with E-state index < -0.39 is 23.6 Å². The minimum Gasteiger partial charge on any atom is -0.455 e. The Hall–Kier alpha value is -11.1. The summed E-state index contributed by atoms with van der Waals surface area (Å²) < 4.78 is 13.3. The molecule has 0 saturated heterocycles. The number of anilines is 2. The van der Waals surface area contributed by atoms with Gasteiger partial charge in [-0.1, -0.05) is 157 Å². The third-order valence-corrected chi connectivity index (χ3v) is 14.8. The van der Waals surface area contributed by atoms with Crippen molar-refractivity contribution in [2.75, 3.05) is 9.80 Å². The van der Waals surface area contributed by atoms with E-state index in [1.807, 2.05) is 164 Å². The van der Waals surface area contributed by atoms with E-state index in [0.717, 1.165) is 45.9 Å². The molecule has 2 aliphatic carbocycles. The molecule has 10 aromatic rings. The predicted octanol–water partition coefficient (Wildman–Crippen LogP) is 15.2. The highest BCUT2D eigenvalue weighted by Gasteiger charge is 2.38. The molecule has 0 radical (unpaired) electrons. The SMILES string of the molecule is O=C1c2cccc3c(Oc4ccccc4)c(C#Cc4ccc(C#Cc5cc6c7c(nccc7c5Oc5ccccc5)C(=O)N(c5cccc(C7=CC=CC7)c5)C6=O)c5ccccc45)cc(c23)C(=O)N1c1cccc(C2=CC=CC2)c1. The van der Waals surface area contributed by atoms with E-state index in [9.17, 15) is 19.2 Å². The fraction of sp³-hybridized carbons (Fsp3) is 0.0282. The van der Waals surface area contributed by atoms with Crippen LogP contribution in [0.1, 0.15) is 87.8 Å². The normalized spacial score (nSPS) is 14.1. The predicted molar refractivity (Wildman–Crippen MR) is 313 cm³/mol. The molecule has 4 amide bonds. The molecule has 0 bridgehead atoms. The summed E-state index contributed by atoms with van der Waals surface area (Å²) in [5.74, 6) is 13.6. The minimum atomic E-state index is -0.531. The Morgan fingerprint density at radius 1 is 0.400 bits per heavy atom. The van der Waals surface area contributed by atoms with Crippen molar-refractivity contribution in [1.29, 1.82) is 0 Å². The van der Waals surface area contributed by atoms with Gasteiger partial charge in [-0.3, -0.25) is 24.2 Å². The number of nitrogens with zero attached hydrogens (tertiary/aromatic N) is 3. The molecule has 0 spiro atoms. The number of amides is 4. The van der Waals surface area contributed by atoms with Crippen molar-refractivity contribution in [1.82, 2.24) is 4.98 Å². The quantitative estimate of drug-likeness (QED) is 0.110. The number of imide groups is 2. The Kier molecular flexibility index (Phi) is 11.5. The number of ether oxygens (including phenoxy) is 2. The van der Waals surface area contributed by atoms with Crippen LogP contribution in [0.4, 0.5) is 11.4 Å². The van der Waals surface area contributed by atoms with Crippen molar-refractivity contribution >= 4 is 78.5 Å². The molecule has 3 heterocycles. The number of carbonyl (C=O) groups is 4. The summed E-state index contributed by atoms with van der Waals surface area (Å²) in [4.78, 5) is 65.5. The molecule has 0 saturated carbocycles. The average Bonchev–Trinajstić information content (AvgIpc) is 4.35. The second-order valence-corrected chi connectivity index (χ2v) is 19.6. The highest BCUT2D eigenvalue weighted by Crippen LogP contribution is 2.44. The maximum absolute atomic E-state index is 14.8. The second kappa shape index (κ2) is 19.5. The third kappa shape index (κ3) is 8.13. The highest BCUT2D eigenvalue weighted by molar-refractivity contribution is 6.37. The van der Waals surface area contributed by atoms with Gasteiger partial charge in [0.1, 0.15) is 17.2 Å². The van der Waals surface area contributed by atoms with E-state index in [1.54, 1.807) is 48.7 Å². The maximum Gasteiger partial charge on any atom is 0.284 e. The van der Waals surface area contributed by atoms with Gasteiger partial charge in [-0.05, 0) is 131 Å². The molecule has 0 N–H and O–H groups in total. The number of benzene rings is 9. The van der Waals surface area contributed by atoms with Crippen LogP contribution in [0.25, 0.3) is 43.5 Å². The van der Waals surface area contributed by atoms with Crippen molar-refractivity contribution in [3.05, 3.63) is 280 Å². The number of carbonyl (C=O) groups excluding carboxylic acids is 4. The summed E-state index contributed by atoms with van der Waals surface area (Å²) in [5.41, 5.74) is 8.35. The van der Waals surface area contributed by atoms with E-state index >= 15 is 0 Å². The van der Waals surface area contributed by atoms with Crippen LogP contribution >= 0.6 is 0 Å². The van der Waals surface area contributed by atoms with E-state index in [4.69, 9.17) is 9.47 Å². The molecule has 0 atom stereocenters. The molecule has 9 nitrogen and oxygen atoms in total. The highest BCUT2D eigenvalue weighted by atomic mass is 16.5. The fourth-order valence-electron chi connectivity index (χ4n) is 11.0. The van der Waals surface area contributed by atoms with Gasteiger partial charge in [0, 0.05) is 44.4 Å². The maximum atomic E-state index is 14.8. The van der Waals surface area contributed by atoms with Crippen LogP contribution in [-0.2, 0) is 0 Å². The Labute approximate surface area is 459 Å². The third-order valence-electron chi connectivity index (χ3n) is 14.8. The molecule has 9 heteroatoms. The van der Waals surface area contributed by atoms with Gasteiger partial charge in [0.25, 0.3) is 23.6 Å². The van der Waals surface area contributed by atoms with Crippen LogP contribution in [0.5, 0.6) is 23.0 Å². The molecule has 2 aliphatic heterocycles. The van der Waals surface area contributed by atoms with Crippen molar-refractivity contribution in [3.8, 4) is 46.7 Å². The van der Waals surface area contributed by atoms with E-state index in [2.05, 4.69) is 40.8 Å². The van der Waals surface area contributed by atoms with E-state index in [-0.39, 0.29) is 11.3 Å². The summed E-state index contributed by atoms with van der Waals surface area (Å²) in [6, 6.07) is 55.9. The van der Waals surface area contributed by atoms with Gasteiger partial charge in [-0.25, -0.2) is 9.80 Å². The van der Waals surface area contributed by atoms with Crippen molar-refractivity contribution in [2.24, 2.45) is 0 Å². The Morgan fingerprint density at radius 2 is 0.863 bits per heavy atom. The van der Waals surface area contributed by atoms with Crippen molar-refractivity contribution in [2.45, 2.75) is 12.8 Å². The van der Waals surface area contributed by atoms with Crippen LogP contribution in [0, 0.1) is 23.7 Å². The average molecular weight is 1030 g/mol.